The number of nitrogens with two attached hydrogens (primary N) is 1. The fourth-order valence-corrected chi connectivity index (χ4v) is 1.53. The van der Waals surface area contributed by atoms with Gasteiger partial charge in [-0.1, -0.05) is 0 Å². The van der Waals surface area contributed by atoms with E-state index < -0.39 is 0 Å². The molecule has 0 amide bonds. The first-order chi connectivity index (χ1) is 5.83. The fraction of sp³-hybridized carbons (Fsp3) is 0.571. The van der Waals surface area contributed by atoms with Crippen LogP contribution in [0, 0.1) is 0 Å². The third kappa shape index (κ3) is 0.981. The Morgan fingerprint density at radius 1 is 1.58 bits per heavy atom. The van der Waals surface area contributed by atoms with Crippen molar-refractivity contribution < 1.29 is 5.11 Å². The van der Waals surface area contributed by atoms with Crippen LogP contribution in [-0.4, -0.2) is 21.5 Å². The highest BCUT2D eigenvalue weighted by Gasteiger charge is 2.19. The minimum Gasteiger partial charge on any atom is -0.394 e. The molecule has 0 spiro atoms. The van der Waals surface area contributed by atoms with Gasteiger partial charge in [0.1, 0.15) is 5.82 Å². The zero-order chi connectivity index (χ0) is 8.55. The van der Waals surface area contributed by atoms with Crippen molar-refractivity contribution >= 4 is 5.82 Å². The number of anilines is 1. The van der Waals surface area contributed by atoms with E-state index in [-0.39, 0.29) is 6.61 Å². The maximum Gasteiger partial charge on any atom is 0.150 e. The zero-order valence-electron chi connectivity index (χ0n) is 6.75. The predicted octanol–water partition coefficient (Wildman–Crippen LogP) is -0.939. The van der Waals surface area contributed by atoms with Crippen LogP contribution in [0.15, 0.2) is 0 Å². The molecule has 1 aromatic rings. The minimum absolute atomic E-state index is 0.105. The van der Waals surface area contributed by atoms with Crippen molar-refractivity contribution in [2.45, 2.75) is 19.6 Å². The third-order valence-corrected chi connectivity index (χ3v) is 2.10. The molecule has 12 heavy (non-hydrogen) atoms. The van der Waals surface area contributed by atoms with Crippen molar-refractivity contribution in [2.75, 3.05) is 12.3 Å². The summed E-state index contributed by atoms with van der Waals surface area (Å²) in [4.78, 5) is 0. The fourth-order valence-electron chi connectivity index (χ4n) is 1.53. The molecular formula is C7H12N4O. The van der Waals surface area contributed by atoms with E-state index in [1.165, 1.54) is 0 Å². The molecule has 0 atom stereocenters. The largest absolute Gasteiger partial charge is 0.394 e. The minimum atomic E-state index is 0.105. The van der Waals surface area contributed by atoms with Crippen LogP contribution in [0.25, 0.3) is 0 Å². The lowest BCUT2D eigenvalue weighted by Crippen LogP contribution is -2.11. The SMILES string of the molecule is Nc1nn(CCO)c2c1CNC2. The van der Waals surface area contributed by atoms with Crippen LogP contribution in [0.1, 0.15) is 11.3 Å². The van der Waals surface area contributed by atoms with Gasteiger partial charge in [-0.3, -0.25) is 4.68 Å². The van der Waals surface area contributed by atoms with Gasteiger partial charge in [0.2, 0.25) is 0 Å². The van der Waals surface area contributed by atoms with Crippen molar-refractivity contribution in [1.29, 1.82) is 0 Å². The van der Waals surface area contributed by atoms with Crippen molar-refractivity contribution in [2.24, 2.45) is 0 Å². The Labute approximate surface area is 70.2 Å². The van der Waals surface area contributed by atoms with Crippen LogP contribution >= 0.6 is 0 Å². The second kappa shape index (κ2) is 2.76. The molecule has 1 aliphatic heterocycles. The van der Waals surface area contributed by atoms with E-state index in [9.17, 15) is 0 Å². The molecule has 1 aromatic heterocycles. The van der Waals surface area contributed by atoms with E-state index in [4.69, 9.17) is 10.8 Å². The van der Waals surface area contributed by atoms with Gasteiger partial charge in [-0.25, -0.2) is 0 Å². The van der Waals surface area contributed by atoms with E-state index in [0.717, 1.165) is 24.3 Å². The first kappa shape index (κ1) is 7.57. The van der Waals surface area contributed by atoms with Gasteiger partial charge >= 0.3 is 0 Å². The van der Waals surface area contributed by atoms with Crippen LogP contribution in [0.2, 0.25) is 0 Å². The molecule has 0 aromatic carbocycles. The van der Waals surface area contributed by atoms with E-state index in [2.05, 4.69) is 10.4 Å². The number of rotatable bonds is 2. The van der Waals surface area contributed by atoms with E-state index in [1.807, 2.05) is 0 Å². The summed E-state index contributed by atoms with van der Waals surface area (Å²) >= 11 is 0. The number of aliphatic hydroxyl groups is 1. The highest BCUT2D eigenvalue weighted by molar-refractivity contribution is 5.44. The third-order valence-electron chi connectivity index (χ3n) is 2.10. The van der Waals surface area contributed by atoms with E-state index >= 15 is 0 Å². The second-order valence-corrected chi connectivity index (χ2v) is 2.86. The van der Waals surface area contributed by atoms with Crippen LogP contribution in [-0.2, 0) is 19.6 Å². The Morgan fingerprint density at radius 3 is 3.17 bits per heavy atom. The Bertz CT molecular complexity index is 294. The van der Waals surface area contributed by atoms with Crippen molar-refractivity contribution in [3.05, 3.63) is 11.3 Å². The maximum absolute atomic E-state index is 8.74. The van der Waals surface area contributed by atoms with Crippen LogP contribution in [0.4, 0.5) is 5.82 Å². The number of aliphatic hydroxyl groups excluding tert-OH is 1. The molecule has 4 N–H and O–H groups in total. The van der Waals surface area contributed by atoms with Gasteiger partial charge < -0.3 is 16.2 Å². The Kier molecular flexibility index (Phi) is 1.74. The molecule has 0 saturated heterocycles. The number of nitrogens with zero attached hydrogens (tertiary/aromatic N) is 2. The quantitative estimate of drug-likeness (QED) is 0.532. The topological polar surface area (TPSA) is 76.1 Å². The molecule has 0 radical (unpaired) electrons. The van der Waals surface area contributed by atoms with Gasteiger partial charge in [-0.05, 0) is 0 Å². The van der Waals surface area contributed by atoms with Crippen molar-refractivity contribution in [3.8, 4) is 0 Å². The number of nitrogen functional groups attached to an aromatic ring is 1. The normalized spacial score (nSPS) is 15.1. The van der Waals surface area contributed by atoms with Gasteiger partial charge in [-0.15, -0.1) is 0 Å². The molecule has 0 unspecified atom stereocenters. The summed E-state index contributed by atoms with van der Waals surface area (Å²) in [7, 11) is 0. The summed E-state index contributed by atoms with van der Waals surface area (Å²) in [6, 6.07) is 0. The number of fused-ring (bicyclic) bond motifs is 1. The van der Waals surface area contributed by atoms with Crippen molar-refractivity contribution in [3.63, 3.8) is 0 Å². The summed E-state index contributed by atoms with van der Waals surface area (Å²) in [5.41, 5.74) is 7.87. The highest BCUT2D eigenvalue weighted by atomic mass is 16.3. The van der Waals surface area contributed by atoms with Gasteiger partial charge in [0.15, 0.2) is 0 Å². The summed E-state index contributed by atoms with van der Waals surface area (Å²) in [6.45, 7) is 2.24. The van der Waals surface area contributed by atoms with E-state index in [1.54, 1.807) is 4.68 Å². The molecule has 5 nitrogen and oxygen atoms in total. The Morgan fingerprint density at radius 2 is 2.42 bits per heavy atom. The Hall–Kier alpha value is -1.07. The predicted molar refractivity (Wildman–Crippen MR) is 44.3 cm³/mol. The lowest BCUT2D eigenvalue weighted by Gasteiger charge is -2.00. The molecule has 1 aliphatic rings. The molecule has 2 heterocycles. The molecule has 0 saturated carbocycles. The van der Waals surface area contributed by atoms with E-state index in [0.29, 0.717) is 12.4 Å². The molecule has 0 aliphatic carbocycles. The summed E-state index contributed by atoms with van der Waals surface area (Å²) in [5, 5.41) is 16.0. The van der Waals surface area contributed by atoms with Crippen LogP contribution in [0.3, 0.4) is 0 Å². The molecule has 2 rings (SSSR count). The highest BCUT2D eigenvalue weighted by Crippen LogP contribution is 2.20. The van der Waals surface area contributed by atoms with Gasteiger partial charge in [0, 0.05) is 18.7 Å². The number of hydrogen-bond acceptors (Lipinski definition) is 4. The lowest BCUT2D eigenvalue weighted by atomic mass is 10.3. The molecule has 0 bridgehead atoms. The first-order valence-corrected chi connectivity index (χ1v) is 3.98. The maximum atomic E-state index is 8.74. The lowest BCUT2D eigenvalue weighted by molar-refractivity contribution is 0.267. The average molecular weight is 168 g/mol. The number of hydrogen-bond donors (Lipinski definition) is 3. The summed E-state index contributed by atoms with van der Waals surface area (Å²) < 4.78 is 1.77. The van der Waals surface area contributed by atoms with Gasteiger partial charge in [0.05, 0.1) is 18.8 Å². The van der Waals surface area contributed by atoms with Gasteiger partial charge in [-0.2, -0.15) is 5.10 Å². The first-order valence-electron chi connectivity index (χ1n) is 3.98. The average Bonchev–Trinajstić information content (AvgIpc) is 2.58. The second-order valence-electron chi connectivity index (χ2n) is 2.86. The molecule has 0 fully saturated rings. The van der Waals surface area contributed by atoms with Crippen molar-refractivity contribution in [1.82, 2.24) is 15.1 Å². The van der Waals surface area contributed by atoms with Crippen LogP contribution < -0.4 is 11.1 Å². The standard InChI is InChI=1S/C7H12N4O/c8-7-5-3-9-4-6(5)11(10-7)1-2-12/h9,12H,1-4H2,(H2,8,10). The summed E-state index contributed by atoms with van der Waals surface area (Å²) in [6.07, 6.45) is 0. The zero-order valence-corrected chi connectivity index (χ0v) is 6.75. The molecule has 5 heteroatoms. The number of aromatic nitrogens is 2. The van der Waals surface area contributed by atoms with Crippen LogP contribution in [0.5, 0.6) is 0 Å². The molecule has 66 valence electrons. The Balaban J connectivity index is 2.37. The summed E-state index contributed by atoms with van der Waals surface area (Å²) in [5.74, 6) is 0.587. The molecular weight excluding hydrogens is 156 g/mol. The van der Waals surface area contributed by atoms with Gasteiger partial charge in [0.25, 0.3) is 0 Å². The monoisotopic (exact) mass is 168 g/mol. The number of nitrogens with one attached hydrogen (secondary N) is 1. The smallest absolute Gasteiger partial charge is 0.150 e.